The molecule has 1 aromatic heterocycles. The van der Waals surface area contributed by atoms with E-state index in [4.69, 9.17) is 23.2 Å². The number of halogens is 2. The maximum Gasteiger partial charge on any atom is 0.383 e. The van der Waals surface area contributed by atoms with E-state index >= 15 is 0 Å². The van der Waals surface area contributed by atoms with Gasteiger partial charge >= 0.3 is 11.1 Å². The van der Waals surface area contributed by atoms with Crippen LogP contribution in [-0.4, -0.2) is 62.8 Å². The number of rotatable bonds is 7. The highest BCUT2D eigenvalue weighted by Gasteiger charge is 2.31. The normalized spacial score (nSPS) is 17.5. The summed E-state index contributed by atoms with van der Waals surface area (Å²) in [4.78, 5) is 18.4. The third-order valence-corrected chi connectivity index (χ3v) is 5.84. The Kier molecular flexibility index (Phi) is 6.68. The number of nitro groups is 1. The van der Waals surface area contributed by atoms with Crippen LogP contribution in [0.1, 0.15) is 19.8 Å². The van der Waals surface area contributed by atoms with Crippen LogP contribution in [0, 0.1) is 10.1 Å². The number of likely N-dealkylation sites (N-methyl/N-ethyl adjacent to an activating group) is 1. The van der Waals surface area contributed by atoms with Gasteiger partial charge in [0.1, 0.15) is 6.20 Å². The summed E-state index contributed by atoms with van der Waals surface area (Å²) < 4.78 is 1.41. The molecule has 0 unspecified atom stereocenters. The Hall–Kier alpha value is -1.87. The van der Waals surface area contributed by atoms with Crippen LogP contribution in [0.3, 0.4) is 0 Å². The molecule has 1 aromatic carbocycles. The zero-order valence-electron chi connectivity index (χ0n) is 16.5. The van der Waals surface area contributed by atoms with Crippen molar-refractivity contribution in [2.45, 2.75) is 38.0 Å². The molecule has 1 N–H and O–H groups in total. The molecule has 29 heavy (non-hydrogen) atoms. The molecule has 8 nitrogen and oxygen atoms in total. The molecule has 1 aliphatic heterocycles. The second kappa shape index (κ2) is 8.87. The lowest BCUT2D eigenvalue weighted by Gasteiger charge is -2.40. The number of anilines is 1. The number of benzene rings is 1. The van der Waals surface area contributed by atoms with Crippen LogP contribution in [0.4, 0.5) is 11.5 Å². The molecule has 0 saturated carbocycles. The Bertz CT molecular complexity index is 848. The standard InChI is InChI=1S/C19H25Cl2N5O3/c1-19(27,13-25-11-17(26(28)29)22-18(25)21)12-23(2)15-7-9-24(10-8-15)16-5-3-14(20)4-6-16/h3-6,11,15,27H,7-10,12-13H2,1-2H3/t19-/m0/s1. The number of aromatic nitrogens is 2. The Morgan fingerprint density at radius 2 is 1.93 bits per heavy atom. The summed E-state index contributed by atoms with van der Waals surface area (Å²) in [6.45, 7) is 4.10. The van der Waals surface area contributed by atoms with Gasteiger partial charge in [-0.15, -0.1) is 0 Å². The van der Waals surface area contributed by atoms with Crippen LogP contribution in [0.5, 0.6) is 0 Å². The Morgan fingerprint density at radius 1 is 1.31 bits per heavy atom. The van der Waals surface area contributed by atoms with E-state index in [2.05, 4.69) is 14.8 Å². The third kappa shape index (κ3) is 5.60. The second-order valence-electron chi connectivity index (χ2n) is 7.86. The van der Waals surface area contributed by atoms with Gasteiger partial charge in [-0.25, -0.2) is 0 Å². The molecule has 1 atom stereocenters. The van der Waals surface area contributed by atoms with E-state index in [1.807, 2.05) is 31.3 Å². The van der Waals surface area contributed by atoms with E-state index in [1.165, 1.54) is 16.5 Å². The predicted molar refractivity (Wildman–Crippen MR) is 114 cm³/mol. The Morgan fingerprint density at radius 3 is 2.48 bits per heavy atom. The van der Waals surface area contributed by atoms with Crippen LogP contribution >= 0.6 is 23.2 Å². The van der Waals surface area contributed by atoms with Gasteiger partial charge in [0, 0.05) is 36.4 Å². The van der Waals surface area contributed by atoms with Crippen molar-refractivity contribution in [2.24, 2.45) is 0 Å². The van der Waals surface area contributed by atoms with Crippen molar-refractivity contribution in [2.75, 3.05) is 31.6 Å². The number of aliphatic hydroxyl groups is 1. The fourth-order valence-corrected chi connectivity index (χ4v) is 4.20. The van der Waals surface area contributed by atoms with Crippen molar-refractivity contribution in [3.8, 4) is 0 Å². The molecule has 0 aliphatic carbocycles. The Balaban J connectivity index is 1.55. The zero-order valence-corrected chi connectivity index (χ0v) is 18.0. The lowest BCUT2D eigenvalue weighted by atomic mass is 10.00. The highest BCUT2D eigenvalue weighted by atomic mass is 35.5. The first-order valence-electron chi connectivity index (χ1n) is 9.45. The van der Waals surface area contributed by atoms with Crippen LogP contribution in [0.2, 0.25) is 10.3 Å². The number of hydrogen-bond donors (Lipinski definition) is 1. The summed E-state index contributed by atoms with van der Waals surface area (Å²) in [5.41, 5.74) is 0.0548. The minimum absolute atomic E-state index is 0.00380. The van der Waals surface area contributed by atoms with Crippen molar-refractivity contribution < 1.29 is 10.0 Å². The Labute approximate surface area is 179 Å². The molecule has 1 saturated heterocycles. The molecule has 1 fully saturated rings. The van der Waals surface area contributed by atoms with Gasteiger partial charge in [0.2, 0.25) is 0 Å². The van der Waals surface area contributed by atoms with Crippen LogP contribution in [0.15, 0.2) is 30.5 Å². The smallest absolute Gasteiger partial charge is 0.383 e. The molecular weight excluding hydrogens is 417 g/mol. The average molecular weight is 442 g/mol. The SMILES string of the molecule is CN(C[C@](C)(O)Cn1cc([N+](=O)[O-])nc1Cl)C1CCN(c2ccc(Cl)cc2)CC1. The molecule has 10 heteroatoms. The van der Waals surface area contributed by atoms with Crippen molar-refractivity contribution >= 4 is 34.7 Å². The molecule has 3 rings (SSSR count). The fourth-order valence-electron chi connectivity index (χ4n) is 3.88. The van der Waals surface area contributed by atoms with E-state index in [0.29, 0.717) is 12.6 Å². The molecule has 0 spiro atoms. The van der Waals surface area contributed by atoms with E-state index in [-0.39, 0.29) is 17.6 Å². The number of nitrogens with zero attached hydrogens (tertiary/aromatic N) is 5. The van der Waals surface area contributed by atoms with E-state index < -0.39 is 10.5 Å². The van der Waals surface area contributed by atoms with Gasteiger partial charge in [0.15, 0.2) is 0 Å². The number of imidazole rings is 1. The minimum Gasteiger partial charge on any atom is -0.387 e. The first-order chi connectivity index (χ1) is 13.6. The van der Waals surface area contributed by atoms with Gasteiger partial charge in [-0.3, -0.25) is 4.57 Å². The van der Waals surface area contributed by atoms with Gasteiger partial charge in [0.25, 0.3) is 0 Å². The summed E-state index contributed by atoms with van der Waals surface area (Å²) in [5, 5.41) is 22.4. The second-order valence-corrected chi connectivity index (χ2v) is 8.63. The molecular formula is C19H25Cl2N5O3. The quantitative estimate of drug-likeness (QED) is 0.522. The van der Waals surface area contributed by atoms with Crippen molar-refractivity contribution in [1.82, 2.24) is 14.5 Å². The zero-order chi connectivity index (χ0) is 21.2. The summed E-state index contributed by atoms with van der Waals surface area (Å²) in [7, 11) is 2.00. The van der Waals surface area contributed by atoms with Crippen molar-refractivity contribution in [1.29, 1.82) is 0 Å². The van der Waals surface area contributed by atoms with Crippen LogP contribution in [-0.2, 0) is 6.54 Å². The predicted octanol–water partition coefficient (Wildman–Crippen LogP) is 3.45. The average Bonchev–Trinajstić information content (AvgIpc) is 3.02. The summed E-state index contributed by atoms with van der Waals surface area (Å²) in [5.74, 6) is -0.325. The molecule has 1 aliphatic rings. The molecule has 2 heterocycles. The summed E-state index contributed by atoms with van der Waals surface area (Å²) in [6, 6.07) is 8.21. The molecule has 0 amide bonds. The van der Waals surface area contributed by atoms with E-state index in [0.717, 1.165) is 31.0 Å². The third-order valence-electron chi connectivity index (χ3n) is 5.28. The maximum absolute atomic E-state index is 10.9. The summed E-state index contributed by atoms with van der Waals surface area (Å²) >= 11 is 11.9. The fraction of sp³-hybridized carbons (Fsp3) is 0.526. The monoisotopic (exact) mass is 441 g/mol. The van der Waals surface area contributed by atoms with Crippen LogP contribution in [0.25, 0.3) is 0 Å². The van der Waals surface area contributed by atoms with Crippen LogP contribution < -0.4 is 4.90 Å². The van der Waals surface area contributed by atoms with E-state index in [1.54, 1.807) is 6.92 Å². The topological polar surface area (TPSA) is 87.7 Å². The maximum atomic E-state index is 10.9. The lowest BCUT2D eigenvalue weighted by molar-refractivity contribution is -0.389. The summed E-state index contributed by atoms with van der Waals surface area (Å²) in [6.07, 6.45) is 3.21. The minimum atomic E-state index is -1.11. The lowest BCUT2D eigenvalue weighted by Crippen LogP contribution is -2.49. The van der Waals surface area contributed by atoms with Crippen molar-refractivity contribution in [3.63, 3.8) is 0 Å². The first-order valence-corrected chi connectivity index (χ1v) is 10.2. The first kappa shape index (κ1) is 21.8. The largest absolute Gasteiger partial charge is 0.387 e. The number of hydrogen-bond acceptors (Lipinski definition) is 6. The van der Waals surface area contributed by atoms with Gasteiger partial charge in [-0.2, -0.15) is 0 Å². The number of piperidine rings is 1. The molecule has 0 bridgehead atoms. The molecule has 2 aromatic rings. The highest BCUT2D eigenvalue weighted by Crippen LogP contribution is 2.25. The van der Waals surface area contributed by atoms with Gasteiger partial charge in [-0.05, 0) is 72.6 Å². The van der Waals surface area contributed by atoms with Crippen molar-refractivity contribution in [3.05, 3.63) is 50.9 Å². The molecule has 0 radical (unpaired) electrons. The highest BCUT2D eigenvalue weighted by molar-refractivity contribution is 6.30. The van der Waals surface area contributed by atoms with E-state index in [9.17, 15) is 15.2 Å². The van der Waals surface area contributed by atoms with Gasteiger partial charge in [-0.1, -0.05) is 11.6 Å². The molecule has 158 valence electrons. The van der Waals surface area contributed by atoms with Gasteiger partial charge in [0.05, 0.1) is 12.1 Å². The van der Waals surface area contributed by atoms with Gasteiger partial charge < -0.3 is 25.0 Å².